The van der Waals surface area contributed by atoms with Crippen LogP contribution in [-0.2, 0) is 0 Å². The molecule has 2 nitrogen and oxygen atoms in total. The van der Waals surface area contributed by atoms with Gasteiger partial charge in [0, 0.05) is 12.0 Å². The molecule has 0 spiro atoms. The Hall–Kier alpha value is -0.900. The number of hydrogen-bond donors (Lipinski definition) is 1. The molecule has 1 aromatic rings. The van der Waals surface area contributed by atoms with Gasteiger partial charge in [0.05, 0.1) is 10.0 Å². The fourth-order valence-electron chi connectivity index (χ4n) is 1.04. The van der Waals surface area contributed by atoms with Gasteiger partial charge in [0.2, 0.25) is 0 Å². The fourth-order valence-corrected chi connectivity index (χ4v) is 1.39. The van der Waals surface area contributed by atoms with Crippen LogP contribution < -0.4 is 0 Å². The molecule has 0 unspecified atom stereocenters. The molecule has 0 amide bonds. The lowest BCUT2D eigenvalue weighted by Gasteiger charge is -2.07. The number of Topliss-reactive ketones (excluding diaryl/α,β-unsaturated/α-hetero) is 1. The summed E-state index contributed by atoms with van der Waals surface area (Å²) in [6, 6.07) is 2.23. The number of halogens is 2. The SMILES string of the molecule is CC(C)C(=O)c1cc(Br)c(F)cc1O. The first kappa shape index (κ1) is 11.2. The van der Waals surface area contributed by atoms with Crippen LogP contribution in [0, 0.1) is 11.7 Å². The van der Waals surface area contributed by atoms with E-state index in [9.17, 15) is 14.3 Å². The summed E-state index contributed by atoms with van der Waals surface area (Å²) in [7, 11) is 0. The zero-order chi connectivity index (χ0) is 10.9. The average molecular weight is 261 g/mol. The zero-order valence-electron chi connectivity index (χ0n) is 7.84. The summed E-state index contributed by atoms with van der Waals surface area (Å²) in [6.45, 7) is 3.44. The Kier molecular flexibility index (Phi) is 3.26. The molecule has 14 heavy (non-hydrogen) atoms. The van der Waals surface area contributed by atoms with Gasteiger partial charge < -0.3 is 5.11 Å². The molecule has 1 N–H and O–H groups in total. The topological polar surface area (TPSA) is 37.3 Å². The maximum Gasteiger partial charge on any atom is 0.169 e. The molecule has 0 atom stereocenters. The molecule has 0 aliphatic heterocycles. The summed E-state index contributed by atoms with van der Waals surface area (Å²) in [6.07, 6.45) is 0. The third kappa shape index (κ3) is 2.12. The van der Waals surface area contributed by atoms with Gasteiger partial charge in [0.1, 0.15) is 11.6 Å². The minimum absolute atomic E-state index is 0.147. The molecule has 0 aliphatic carbocycles. The number of rotatable bonds is 2. The standard InChI is InChI=1S/C10H10BrFO2/c1-5(2)10(14)6-3-7(11)8(12)4-9(6)13/h3-5,13H,1-2H3. The van der Waals surface area contributed by atoms with Crippen molar-refractivity contribution in [2.24, 2.45) is 5.92 Å². The lowest BCUT2D eigenvalue weighted by atomic mass is 10.0. The predicted octanol–water partition coefficient (Wildman–Crippen LogP) is 3.13. The van der Waals surface area contributed by atoms with Crippen molar-refractivity contribution in [3.05, 3.63) is 28.0 Å². The maximum absolute atomic E-state index is 12.9. The van der Waals surface area contributed by atoms with Crippen molar-refractivity contribution < 1.29 is 14.3 Å². The van der Waals surface area contributed by atoms with Crippen LogP contribution in [0.5, 0.6) is 5.75 Å². The van der Waals surface area contributed by atoms with Gasteiger partial charge in [-0.25, -0.2) is 4.39 Å². The van der Waals surface area contributed by atoms with E-state index >= 15 is 0 Å². The van der Waals surface area contributed by atoms with Crippen LogP contribution in [0.15, 0.2) is 16.6 Å². The van der Waals surface area contributed by atoms with Gasteiger partial charge in [-0.3, -0.25) is 4.79 Å². The minimum Gasteiger partial charge on any atom is -0.507 e. The molecular formula is C10H10BrFO2. The highest BCUT2D eigenvalue weighted by atomic mass is 79.9. The second-order valence-electron chi connectivity index (χ2n) is 3.30. The fraction of sp³-hybridized carbons (Fsp3) is 0.300. The van der Waals surface area contributed by atoms with Crippen LogP contribution in [0.25, 0.3) is 0 Å². The van der Waals surface area contributed by atoms with Gasteiger partial charge in [-0.05, 0) is 22.0 Å². The number of ketones is 1. The molecule has 0 fully saturated rings. The molecule has 76 valence electrons. The number of hydrogen-bond acceptors (Lipinski definition) is 2. The molecule has 0 aromatic heterocycles. The Morgan fingerprint density at radius 1 is 1.50 bits per heavy atom. The Bertz CT molecular complexity index is 375. The molecule has 4 heteroatoms. The van der Waals surface area contributed by atoms with Crippen LogP contribution >= 0.6 is 15.9 Å². The number of aromatic hydroxyl groups is 1. The molecule has 1 rings (SSSR count). The molecule has 0 saturated carbocycles. The normalized spacial score (nSPS) is 10.6. The molecule has 0 aliphatic rings. The largest absolute Gasteiger partial charge is 0.507 e. The van der Waals surface area contributed by atoms with E-state index in [-0.39, 0.29) is 27.5 Å². The Morgan fingerprint density at radius 2 is 2.07 bits per heavy atom. The monoisotopic (exact) mass is 260 g/mol. The summed E-state index contributed by atoms with van der Waals surface area (Å²) >= 11 is 2.96. The number of phenolic OH excluding ortho intramolecular Hbond substituents is 1. The van der Waals surface area contributed by atoms with Crippen molar-refractivity contribution >= 4 is 21.7 Å². The predicted molar refractivity (Wildman–Crippen MR) is 54.9 cm³/mol. The third-order valence-corrected chi connectivity index (χ3v) is 2.44. The van der Waals surface area contributed by atoms with Crippen LogP contribution in [0.3, 0.4) is 0 Å². The summed E-state index contributed by atoms with van der Waals surface area (Å²) in [4.78, 5) is 11.5. The highest BCUT2D eigenvalue weighted by molar-refractivity contribution is 9.10. The first-order valence-corrected chi connectivity index (χ1v) is 4.95. The number of carbonyl (C=O) groups is 1. The van der Waals surface area contributed by atoms with Gasteiger partial charge in [-0.2, -0.15) is 0 Å². The zero-order valence-corrected chi connectivity index (χ0v) is 9.43. The molecule has 0 heterocycles. The van der Waals surface area contributed by atoms with Crippen LogP contribution in [0.2, 0.25) is 0 Å². The smallest absolute Gasteiger partial charge is 0.169 e. The lowest BCUT2D eigenvalue weighted by molar-refractivity contribution is 0.0936. The molecule has 0 saturated heterocycles. The molecule has 1 aromatic carbocycles. The van der Waals surface area contributed by atoms with Crippen molar-refractivity contribution in [1.82, 2.24) is 0 Å². The molecule has 0 bridgehead atoms. The van der Waals surface area contributed by atoms with Gasteiger partial charge in [-0.1, -0.05) is 13.8 Å². The second-order valence-corrected chi connectivity index (χ2v) is 4.16. The van der Waals surface area contributed by atoms with E-state index in [2.05, 4.69) is 15.9 Å². The van der Waals surface area contributed by atoms with Gasteiger partial charge >= 0.3 is 0 Å². The summed E-state index contributed by atoms with van der Waals surface area (Å²) in [5, 5.41) is 9.35. The van der Waals surface area contributed by atoms with Crippen LogP contribution in [-0.4, -0.2) is 10.9 Å². The number of carbonyl (C=O) groups excluding carboxylic acids is 1. The Balaban J connectivity index is 3.22. The van der Waals surface area contributed by atoms with E-state index in [1.807, 2.05) is 0 Å². The molecular weight excluding hydrogens is 251 g/mol. The van der Waals surface area contributed by atoms with Gasteiger partial charge in [-0.15, -0.1) is 0 Å². The first-order valence-electron chi connectivity index (χ1n) is 4.15. The van der Waals surface area contributed by atoms with Crippen LogP contribution in [0.4, 0.5) is 4.39 Å². The van der Waals surface area contributed by atoms with Crippen molar-refractivity contribution in [3.8, 4) is 5.75 Å². The van der Waals surface area contributed by atoms with E-state index < -0.39 is 5.82 Å². The molecule has 0 radical (unpaired) electrons. The summed E-state index contributed by atoms with van der Waals surface area (Å²) in [5.74, 6) is -1.33. The third-order valence-electron chi connectivity index (χ3n) is 1.83. The first-order chi connectivity index (χ1) is 6.43. The van der Waals surface area contributed by atoms with E-state index in [4.69, 9.17) is 0 Å². The van der Waals surface area contributed by atoms with Crippen molar-refractivity contribution in [3.63, 3.8) is 0 Å². The lowest BCUT2D eigenvalue weighted by Crippen LogP contribution is -2.08. The van der Waals surface area contributed by atoms with Gasteiger partial charge in [0.25, 0.3) is 0 Å². The van der Waals surface area contributed by atoms with E-state index in [1.54, 1.807) is 13.8 Å². The van der Waals surface area contributed by atoms with Crippen molar-refractivity contribution in [2.45, 2.75) is 13.8 Å². The van der Waals surface area contributed by atoms with E-state index in [0.717, 1.165) is 6.07 Å². The summed E-state index contributed by atoms with van der Waals surface area (Å²) in [5.41, 5.74) is 0.147. The van der Waals surface area contributed by atoms with Crippen LogP contribution in [0.1, 0.15) is 24.2 Å². The second kappa shape index (κ2) is 4.09. The minimum atomic E-state index is -0.581. The Labute approximate surface area is 89.9 Å². The van der Waals surface area contributed by atoms with E-state index in [0.29, 0.717) is 0 Å². The number of benzene rings is 1. The van der Waals surface area contributed by atoms with Gasteiger partial charge in [0.15, 0.2) is 5.78 Å². The quantitative estimate of drug-likeness (QED) is 0.830. The average Bonchev–Trinajstić information content (AvgIpc) is 2.10. The number of phenols is 1. The maximum atomic E-state index is 12.9. The highest BCUT2D eigenvalue weighted by Gasteiger charge is 2.16. The van der Waals surface area contributed by atoms with E-state index in [1.165, 1.54) is 6.07 Å². The van der Waals surface area contributed by atoms with Crippen molar-refractivity contribution in [2.75, 3.05) is 0 Å². The Morgan fingerprint density at radius 3 is 2.57 bits per heavy atom. The summed E-state index contributed by atoms with van der Waals surface area (Å²) < 4.78 is 13.1. The highest BCUT2D eigenvalue weighted by Crippen LogP contribution is 2.27. The van der Waals surface area contributed by atoms with Crippen molar-refractivity contribution in [1.29, 1.82) is 0 Å².